The number of aryl methyl sites for hydroxylation is 2. The lowest BCUT2D eigenvalue weighted by atomic mass is 10.1. The van der Waals surface area contributed by atoms with Crippen LogP contribution in [0.3, 0.4) is 0 Å². The molecule has 12 heteroatoms. The Balaban J connectivity index is 1.43. The summed E-state index contributed by atoms with van der Waals surface area (Å²) in [5.74, 6) is 0.617. The summed E-state index contributed by atoms with van der Waals surface area (Å²) < 4.78 is 33.0. The molecule has 0 fully saturated rings. The van der Waals surface area contributed by atoms with Crippen LogP contribution in [0, 0.1) is 13.8 Å². The fourth-order valence-electron chi connectivity index (χ4n) is 4.04. The van der Waals surface area contributed by atoms with E-state index in [4.69, 9.17) is 22.1 Å². The molecule has 0 atom stereocenters. The molecule has 0 bridgehead atoms. The largest absolute Gasteiger partial charge is 0.437 e. The summed E-state index contributed by atoms with van der Waals surface area (Å²) in [4.78, 5) is 20.7. The maximum atomic E-state index is 13.3. The Hall–Kier alpha value is -4.35. The lowest BCUT2D eigenvalue weighted by Gasteiger charge is -2.11. The number of hydrogen-bond acceptors (Lipinski definition) is 7. The molecule has 0 aliphatic carbocycles. The minimum atomic E-state index is -3.45. The number of H-pyrrole nitrogens is 1. The van der Waals surface area contributed by atoms with Crippen molar-refractivity contribution in [2.24, 2.45) is 0 Å². The van der Waals surface area contributed by atoms with Crippen molar-refractivity contribution in [1.82, 2.24) is 19.7 Å². The van der Waals surface area contributed by atoms with Gasteiger partial charge in [0, 0.05) is 17.0 Å². The lowest BCUT2D eigenvalue weighted by molar-refractivity contribution is 0.103. The zero-order chi connectivity index (χ0) is 27.2. The minimum Gasteiger partial charge on any atom is -0.437 e. The third-order valence-corrected chi connectivity index (χ3v) is 6.80. The van der Waals surface area contributed by atoms with E-state index in [0.717, 1.165) is 22.8 Å². The lowest BCUT2D eigenvalue weighted by Crippen LogP contribution is -2.10. The van der Waals surface area contributed by atoms with Gasteiger partial charge in [-0.3, -0.25) is 9.52 Å². The van der Waals surface area contributed by atoms with E-state index < -0.39 is 10.0 Å². The average molecular weight is 551 g/mol. The molecule has 3 heterocycles. The molecule has 2 aromatic carbocycles. The number of fused-ring (bicyclic) bond motifs is 1. The number of aromatic amines is 1. The summed E-state index contributed by atoms with van der Waals surface area (Å²) >= 11 is 6.17. The van der Waals surface area contributed by atoms with Gasteiger partial charge in [0.15, 0.2) is 0 Å². The summed E-state index contributed by atoms with van der Waals surface area (Å²) in [6.45, 7) is 3.63. The topological polar surface area (TPSA) is 145 Å². The van der Waals surface area contributed by atoms with Crippen LogP contribution in [0.15, 0.2) is 60.9 Å². The normalized spacial score (nSPS) is 11.6. The number of ketones is 1. The number of carbonyl (C=O) groups is 1. The van der Waals surface area contributed by atoms with E-state index in [1.54, 1.807) is 55.6 Å². The van der Waals surface area contributed by atoms with E-state index in [-0.39, 0.29) is 17.2 Å². The number of nitrogens with two attached hydrogens (primary N) is 1. The number of halogens is 1. The highest BCUT2D eigenvalue weighted by molar-refractivity contribution is 7.92. The highest BCUT2D eigenvalue weighted by Gasteiger charge is 2.21. The molecule has 0 aliphatic rings. The molecular weight excluding hydrogens is 528 g/mol. The molecule has 0 spiro atoms. The maximum absolute atomic E-state index is 13.3. The standard InChI is InChI=1S/C26H23ClN6O4S/c1-14-8-16-10-21(31-20(16)11-19(14)32-38(3,35)36)25(34)17-12-30-33(26(17)28)22-13-29-24(9-15(22)2)37-23-7-5-4-6-18(23)27/h4-13,31-32H,28H2,1-3H3. The van der Waals surface area contributed by atoms with E-state index in [0.29, 0.717) is 39.2 Å². The number of anilines is 2. The number of benzene rings is 2. The second kappa shape index (κ2) is 9.51. The van der Waals surface area contributed by atoms with Crippen LogP contribution in [0.4, 0.5) is 11.5 Å². The van der Waals surface area contributed by atoms with Crippen LogP contribution in [-0.2, 0) is 10.0 Å². The van der Waals surface area contributed by atoms with Gasteiger partial charge in [-0.2, -0.15) is 5.10 Å². The van der Waals surface area contributed by atoms with Crippen molar-refractivity contribution in [3.8, 4) is 17.3 Å². The number of para-hydroxylation sites is 1. The second-order valence-electron chi connectivity index (χ2n) is 8.84. The van der Waals surface area contributed by atoms with Crippen molar-refractivity contribution in [2.45, 2.75) is 13.8 Å². The van der Waals surface area contributed by atoms with Gasteiger partial charge in [-0.05, 0) is 55.3 Å². The van der Waals surface area contributed by atoms with E-state index in [1.807, 2.05) is 13.0 Å². The van der Waals surface area contributed by atoms with Gasteiger partial charge in [-0.25, -0.2) is 18.1 Å². The fourth-order valence-corrected chi connectivity index (χ4v) is 4.83. The van der Waals surface area contributed by atoms with Gasteiger partial charge < -0.3 is 15.5 Å². The minimum absolute atomic E-state index is 0.147. The first-order valence-corrected chi connectivity index (χ1v) is 13.7. The summed E-state index contributed by atoms with van der Waals surface area (Å²) in [5, 5.41) is 5.54. The van der Waals surface area contributed by atoms with Crippen LogP contribution < -0.4 is 15.2 Å². The van der Waals surface area contributed by atoms with Crippen LogP contribution in [0.1, 0.15) is 27.2 Å². The van der Waals surface area contributed by atoms with Crippen LogP contribution in [0.5, 0.6) is 11.6 Å². The molecule has 10 nitrogen and oxygen atoms in total. The number of sulfonamides is 1. The van der Waals surface area contributed by atoms with Gasteiger partial charge in [0.25, 0.3) is 0 Å². The third kappa shape index (κ3) is 4.93. The molecule has 0 unspecified atom stereocenters. The number of rotatable bonds is 7. The molecule has 0 aliphatic heterocycles. The van der Waals surface area contributed by atoms with Gasteiger partial charge >= 0.3 is 0 Å². The monoisotopic (exact) mass is 550 g/mol. The van der Waals surface area contributed by atoms with Crippen LogP contribution in [-0.4, -0.2) is 40.2 Å². The van der Waals surface area contributed by atoms with E-state index in [9.17, 15) is 13.2 Å². The fraction of sp³-hybridized carbons (Fsp3) is 0.115. The van der Waals surface area contributed by atoms with Crippen molar-refractivity contribution in [3.05, 3.63) is 88.3 Å². The molecule has 3 aromatic heterocycles. The predicted octanol–water partition coefficient (Wildman–Crippen LogP) is 5.00. The maximum Gasteiger partial charge on any atom is 0.229 e. The van der Waals surface area contributed by atoms with E-state index in [1.165, 1.54) is 10.9 Å². The van der Waals surface area contributed by atoms with Crippen molar-refractivity contribution >= 4 is 49.8 Å². The Morgan fingerprint density at radius 3 is 2.58 bits per heavy atom. The average Bonchev–Trinajstić information content (AvgIpc) is 3.43. The van der Waals surface area contributed by atoms with Crippen molar-refractivity contribution in [2.75, 3.05) is 16.7 Å². The quantitative estimate of drug-likeness (QED) is 0.242. The summed E-state index contributed by atoms with van der Waals surface area (Å²) in [5.41, 5.74) is 9.95. The first-order chi connectivity index (χ1) is 18.0. The van der Waals surface area contributed by atoms with Gasteiger partial charge in [-0.15, -0.1) is 0 Å². The summed E-state index contributed by atoms with van der Waals surface area (Å²) in [7, 11) is -3.45. The zero-order valence-corrected chi connectivity index (χ0v) is 22.2. The van der Waals surface area contributed by atoms with Gasteiger partial charge in [0.05, 0.1) is 46.3 Å². The Morgan fingerprint density at radius 1 is 1.11 bits per heavy atom. The summed E-state index contributed by atoms with van der Waals surface area (Å²) in [6, 6.07) is 13.9. The smallest absolute Gasteiger partial charge is 0.229 e. The number of hydrogen-bond donors (Lipinski definition) is 3. The number of nitrogens with zero attached hydrogens (tertiary/aromatic N) is 3. The molecule has 194 valence electrons. The molecule has 38 heavy (non-hydrogen) atoms. The van der Waals surface area contributed by atoms with Gasteiger partial charge in [0.1, 0.15) is 11.6 Å². The van der Waals surface area contributed by atoms with E-state index >= 15 is 0 Å². The number of aromatic nitrogens is 4. The SMILES string of the molecule is Cc1cc2cc(C(=O)c3cnn(-c4cnc(Oc5ccccc5Cl)cc4C)c3N)[nH]c2cc1NS(C)(=O)=O. The Bertz CT molecular complexity index is 1830. The van der Waals surface area contributed by atoms with Gasteiger partial charge in [0.2, 0.25) is 21.7 Å². The number of pyridine rings is 1. The molecule has 0 saturated heterocycles. The first-order valence-electron chi connectivity index (χ1n) is 11.4. The highest BCUT2D eigenvalue weighted by atomic mass is 35.5. The number of carbonyl (C=O) groups excluding carboxylic acids is 1. The predicted molar refractivity (Wildman–Crippen MR) is 147 cm³/mol. The molecule has 0 amide bonds. The van der Waals surface area contributed by atoms with Crippen LogP contribution >= 0.6 is 11.6 Å². The van der Waals surface area contributed by atoms with Crippen molar-refractivity contribution in [1.29, 1.82) is 0 Å². The first kappa shape index (κ1) is 25.3. The number of ether oxygens (including phenoxy) is 1. The number of nitrogens with one attached hydrogen (secondary N) is 2. The van der Waals surface area contributed by atoms with Crippen LogP contribution in [0.2, 0.25) is 5.02 Å². The Labute approximate surface area is 223 Å². The Kier molecular flexibility index (Phi) is 6.33. The molecule has 0 saturated carbocycles. The molecule has 5 aromatic rings. The zero-order valence-electron chi connectivity index (χ0n) is 20.6. The second-order valence-corrected chi connectivity index (χ2v) is 11.0. The molecule has 4 N–H and O–H groups in total. The van der Waals surface area contributed by atoms with Crippen molar-refractivity contribution in [3.63, 3.8) is 0 Å². The number of nitrogen functional groups attached to an aromatic ring is 1. The van der Waals surface area contributed by atoms with Crippen LogP contribution in [0.25, 0.3) is 16.6 Å². The van der Waals surface area contributed by atoms with Gasteiger partial charge in [-0.1, -0.05) is 23.7 Å². The van der Waals surface area contributed by atoms with Crippen molar-refractivity contribution < 1.29 is 17.9 Å². The summed E-state index contributed by atoms with van der Waals surface area (Å²) in [6.07, 6.45) is 4.04. The molecule has 0 radical (unpaired) electrons. The third-order valence-electron chi connectivity index (χ3n) is 5.89. The molecule has 5 rings (SSSR count). The Morgan fingerprint density at radius 2 is 1.87 bits per heavy atom. The van der Waals surface area contributed by atoms with E-state index in [2.05, 4.69) is 19.8 Å². The molecular formula is C26H23ClN6O4S. The highest BCUT2D eigenvalue weighted by Crippen LogP contribution is 2.30.